The Hall–Kier alpha value is -2.73. The number of hydrogen-bond donors (Lipinski definition) is 1. The molecule has 0 spiro atoms. The van der Waals surface area contributed by atoms with Gasteiger partial charge in [0.05, 0.1) is 24.6 Å². The molecule has 1 unspecified atom stereocenters. The fourth-order valence-corrected chi connectivity index (χ4v) is 3.96. The summed E-state index contributed by atoms with van der Waals surface area (Å²) in [6.45, 7) is 10.8. The Morgan fingerprint density at radius 1 is 1.21 bits per heavy atom. The smallest absolute Gasteiger partial charge is 0.309 e. The highest BCUT2D eigenvalue weighted by atomic mass is 16.5. The van der Waals surface area contributed by atoms with Gasteiger partial charge < -0.3 is 9.84 Å². The molecule has 0 amide bonds. The van der Waals surface area contributed by atoms with Gasteiger partial charge in [-0.25, -0.2) is 4.68 Å². The van der Waals surface area contributed by atoms with Gasteiger partial charge in [-0.05, 0) is 61.6 Å². The van der Waals surface area contributed by atoms with Crippen LogP contribution in [0.1, 0.15) is 54.5 Å². The molecule has 0 fully saturated rings. The maximum atomic E-state index is 12.7. The van der Waals surface area contributed by atoms with E-state index in [2.05, 4.69) is 16.4 Å². The lowest BCUT2D eigenvalue weighted by Gasteiger charge is -2.26. The molecule has 6 heteroatoms. The van der Waals surface area contributed by atoms with Gasteiger partial charge in [0.1, 0.15) is 5.52 Å². The van der Waals surface area contributed by atoms with E-state index in [9.17, 15) is 9.90 Å². The minimum Gasteiger partial charge on any atom is -0.466 e. The van der Waals surface area contributed by atoms with Crippen molar-refractivity contribution in [3.05, 3.63) is 58.1 Å². The summed E-state index contributed by atoms with van der Waals surface area (Å²) in [6.07, 6.45) is 0. The molecule has 0 aliphatic rings. The number of esters is 1. The van der Waals surface area contributed by atoms with Crippen molar-refractivity contribution in [3.8, 4) is 0 Å². The summed E-state index contributed by atoms with van der Waals surface area (Å²) in [5.41, 5.74) is 6.72. The number of aliphatic hydroxyl groups excluding tert-OH is 1. The number of aliphatic hydroxyl groups is 1. The molecular weight excluding hydrogens is 366 g/mol. The van der Waals surface area contributed by atoms with E-state index in [1.807, 2.05) is 63.6 Å². The molecule has 1 N–H and O–H groups in total. The number of hydrogen-bond acceptors (Lipinski definition) is 5. The maximum Gasteiger partial charge on any atom is 0.309 e. The standard InChI is InChI=1S/C23H29N3O3/c1-6-26-20-11-10-19(15(4)22(20)24-25-26)21(16(5)23(28)29-7-2)17-9-8-14(3)18(12-17)13-27/h8-12,16,21,27H,6-7,13H2,1-5H3/t16?,21-/m1/s1. The van der Waals surface area contributed by atoms with Crippen LogP contribution < -0.4 is 0 Å². The number of fused-ring (bicyclic) bond motifs is 1. The molecule has 29 heavy (non-hydrogen) atoms. The fourth-order valence-electron chi connectivity index (χ4n) is 3.96. The first kappa shape index (κ1) is 21.0. The molecule has 6 nitrogen and oxygen atoms in total. The lowest BCUT2D eigenvalue weighted by molar-refractivity contribution is -0.147. The predicted octanol–water partition coefficient (Wildman–Crippen LogP) is 3.89. The average Bonchev–Trinajstić information content (AvgIpc) is 3.15. The number of benzene rings is 2. The van der Waals surface area contributed by atoms with Crippen LogP contribution in [-0.2, 0) is 22.7 Å². The van der Waals surface area contributed by atoms with Gasteiger partial charge in [-0.15, -0.1) is 5.10 Å². The summed E-state index contributed by atoms with van der Waals surface area (Å²) in [7, 11) is 0. The molecule has 2 atom stereocenters. The highest BCUT2D eigenvalue weighted by Gasteiger charge is 2.30. The van der Waals surface area contributed by atoms with Gasteiger partial charge in [0.2, 0.25) is 0 Å². The Morgan fingerprint density at radius 3 is 2.62 bits per heavy atom. The van der Waals surface area contributed by atoms with E-state index in [-0.39, 0.29) is 24.4 Å². The van der Waals surface area contributed by atoms with Crippen molar-refractivity contribution in [2.24, 2.45) is 5.92 Å². The summed E-state index contributed by atoms with van der Waals surface area (Å²) in [5, 5.41) is 18.3. The summed E-state index contributed by atoms with van der Waals surface area (Å²) in [6, 6.07) is 10.1. The molecular formula is C23H29N3O3. The number of aromatic nitrogens is 3. The van der Waals surface area contributed by atoms with Crippen molar-refractivity contribution in [2.75, 3.05) is 6.61 Å². The number of aryl methyl sites for hydroxylation is 3. The van der Waals surface area contributed by atoms with Crippen LogP contribution in [0.15, 0.2) is 30.3 Å². The average molecular weight is 396 g/mol. The second-order valence-corrected chi connectivity index (χ2v) is 7.42. The summed E-state index contributed by atoms with van der Waals surface area (Å²) in [5.74, 6) is -0.835. The van der Waals surface area contributed by atoms with Gasteiger partial charge in [-0.1, -0.05) is 36.4 Å². The third kappa shape index (κ3) is 3.90. The van der Waals surface area contributed by atoms with Crippen LogP contribution in [0.4, 0.5) is 0 Å². The monoisotopic (exact) mass is 395 g/mol. The van der Waals surface area contributed by atoms with Crippen molar-refractivity contribution < 1.29 is 14.6 Å². The first-order chi connectivity index (χ1) is 13.9. The third-order valence-corrected chi connectivity index (χ3v) is 5.68. The molecule has 0 bridgehead atoms. The van der Waals surface area contributed by atoms with Crippen LogP contribution in [0.3, 0.4) is 0 Å². The summed E-state index contributed by atoms with van der Waals surface area (Å²) >= 11 is 0. The maximum absolute atomic E-state index is 12.7. The topological polar surface area (TPSA) is 77.2 Å². The number of rotatable bonds is 7. The van der Waals surface area contributed by atoms with Gasteiger partial charge >= 0.3 is 5.97 Å². The van der Waals surface area contributed by atoms with E-state index in [0.717, 1.165) is 45.4 Å². The molecule has 0 saturated heterocycles. The zero-order chi connectivity index (χ0) is 21.1. The van der Waals surface area contributed by atoms with E-state index in [4.69, 9.17) is 4.74 Å². The Balaban J connectivity index is 2.19. The highest BCUT2D eigenvalue weighted by Crippen LogP contribution is 2.37. The molecule has 0 aliphatic heterocycles. The van der Waals surface area contributed by atoms with Gasteiger partial charge in [0.15, 0.2) is 0 Å². The Labute approximate surface area is 171 Å². The SMILES string of the molecule is CCOC(=O)C(C)[C@H](c1ccc(C)c(CO)c1)c1ccc2c(nnn2CC)c1C. The number of ether oxygens (including phenoxy) is 1. The normalized spacial score (nSPS) is 13.4. The lowest BCUT2D eigenvalue weighted by Crippen LogP contribution is -2.24. The van der Waals surface area contributed by atoms with Gasteiger partial charge in [-0.3, -0.25) is 4.79 Å². The van der Waals surface area contributed by atoms with Gasteiger partial charge in [0, 0.05) is 12.5 Å². The fraction of sp³-hybridized carbons (Fsp3) is 0.435. The van der Waals surface area contributed by atoms with E-state index in [1.54, 1.807) is 0 Å². The zero-order valence-electron chi connectivity index (χ0n) is 17.8. The number of carbonyl (C=O) groups excluding carboxylic acids is 1. The van der Waals surface area contributed by atoms with Crippen molar-refractivity contribution in [1.29, 1.82) is 0 Å². The predicted molar refractivity (Wildman–Crippen MR) is 113 cm³/mol. The largest absolute Gasteiger partial charge is 0.466 e. The van der Waals surface area contributed by atoms with E-state index in [1.165, 1.54) is 0 Å². The summed E-state index contributed by atoms with van der Waals surface area (Å²) < 4.78 is 7.20. The third-order valence-electron chi connectivity index (χ3n) is 5.68. The molecule has 3 aromatic rings. The van der Waals surface area contributed by atoms with Crippen LogP contribution in [0.5, 0.6) is 0 Å². The Bertz CT molecular complexity index is 1030. The minimum absolute atomic E-state index is 0.0387. The quantitative estimate of drug-likeness (QED) is 0.614. The van der Waals surface area contributed by atoms with Crippen molar-refractivity contribution in [3.63, 3.8) is 0 Å². The molecule has 1 heterocycles. The van der Waals surface area contributed by atoms with Crippen molar-refractivity contribution in [1.82, 2.24) is 15.0 Å². The first-order valence-electron chi connectivity index (χ1n) is 10.1. The molecule has 154 valence electrons. The zero-order valence-corrected chi connectivity index (χ0v) is 17.8. The van der Waals surface area contributed by atoms with Crippen LogP contribution in [0.25, 0.3) is 11.0 Å². The molecule has 0 radical (unpaired) electrons. The molecule has 2 aromatic carbocycles. The van der Waals surface area contributed by atoms with Crippen LogP contribution in [0, 0.1) is 19.8 Å². The van der Waals surface area contributed by atoms with Gasteiger partial charge in [-0.2, -0.15) is 0 Å². The van der Waals surface area contributed by atoms with Crippen molar-refractivity contribution >= 4 is 17.0 Å². The second-order valence-electron chi connectivity index (χ2n) is 7.42. The number of nitrogens with zero attached hydrogens (tertiary/aromatic N) is 3. The van der Waals surface area contributed by atoms with Gasteiger partial charge in [0.25, 0.3) is 0 Å². The lowest BCUT2D eigenvalue weighted by atomic mass is 9.79. The summed E-state index contributed by atoms with van der Waals surface area (Å²) in [4.78, 5) is 12.7. The van der Waals surface area contributed by atoms with Crippen LogP contribution in [0.2, 0.25) is 0 Å². The first-order valence-corrected chi connectivity index (χ1v) is 10.1. The van der Waals surface area contributed by atoms with Crippen LogP contribution in [-0.4, -0.2) is 32.7 Å². The Morgan fingerprint density at radius 2 is 1.97 bits per heavy atom. The van der Waals surface area contributed by atoms with E-state index >= 15 is 0 Å². The molecule has 1 aromatic heterocycles. The van der Waals surface area contributed by atoms with E-state index < -0.39 is 0 Å². The Kier molecular flexibility index (Phi) is 6.33. The number of carbonyl (C=O) groups is 1. The van der Waals surface area contributed by atoms with E-state index in [0.29, 0.717) is 6.61 Å². The highest BCUT2D eigenvalue weighted by molar-refractivity contribution is 5.81. The van der Waals surface area contributed by atoms with Crippen molar-refractivity contribution in [2.45, 2.75) is 53.7 Å². The second kappa shape index (κ2) is 8.74. The van der Waals surface area contributed by atoms with Crippen LogP contribution >= 0.6 is 0 Å². The molecule has 0 saturated carbocycles. The molecule has 0 aliphatic carbocycles. The molecule has 3 rings (SSSR count). The minimum atomic E-state index is -0.387.